The first-order chi connectivity index (χ1) is 10.8. The Morgan fingerprint density at radius 2 is 2.05 bits per heavy atom. The Morgan fingerprint density at radius 3 is 2.91 bits per heavy atom. The van der Waals surface area contributed by atoms with Gasteiger partial charge in [0.25, 0.3) is 0 Å². The molecular formula is C17H11N3O2. The Labute approximate surface area is 126 Å². The van der Waals surface area contributed by atoms with Crippen LogP contribution in [0.15, 0.2) is 42.5 Å². The lowest BCUT2D eigenvalue weighted by atomic mass is 10.1. The van der Waals surface area contributed by atoms with Crippen molar-refractivity contribution >= 4 is 22.7 Å². The highest BCUT2D eigenvalue weighted by molar-refractivity contribution is 5.90. The Kier molecular flexibility index (Phi) is 2.80. The highest BCUT2D eigenvalue weighted by Crippen LogP contribution is 2.33. The number of imidazole rings is 1. The summed E-state index contributed by atoms with van der Waals surface area (Å²) in [4.78, 5) is 7.61. The van der Waals surface area contributed by atoms with Crippen molar-refractivity contribution in [2.75, 3.05) is 6.79 Å². The molecule has 106 valence electrons. The van der Waals surface area contributed by atoms with Crippen LogP contribution in [0.4, 0.5) is 0 Å². The quantitative estimate of drug-likeness (QED) is 0.734. The molecule has 2 heterocycles. The van der Waals surface area contributed by atoms with Gasteiger partial charge in [-0.05, 0) is 35.9 Å². The second-order valence-electron chi connectivity index (χ2n) is 4.89. The van der Waals surface area contributed by atoms with Gasteiger partial charge in [0.2, 0.25) is 6.79 Å². The topological polar surface area (TPSA) is 70.9 Å². The van der Waals surface area contributed by atoms with E-state index in [0.29, 0.717) is 17.1 Å². The van der Waals surface area contributed by atoms with Gasteiger partial charge in [-0.1, -0.05) is 18.2 Å². The van der Waals surface area contributed by atoms with Crippen LogP contribution in [-0.4, -0.2) is 16.8 Å². The second kappa shape index (κ2) is 4.93. The predicted molar refractivity (Wildman–Crippen MR) is 82.1 cm³/mol. The molecule has 1 aliphatic rings. The van der Waals surface area contributed by atoms with Gasteiger partial charge in [-0.15, -0.1) is 0 Å². The smallest absolute Gasteiger partial charge is 0.231 e. The van der Waals surface area contributed by atoms with Crippen LogP contribution in [0.3, 0.4) is 0 Å². The largest absolute Gasteiger partial charge is 0.454 e. The van der Waals surface area contributed by atoms with E-state index < -0.39 is 0 Å². The first-order valence-corrected chi connectivity index (χ1v) is 6.80. The van der Waals surface area contributed by atoms with Gasteiger partial charge < -0.3 is 14.5 Å². The molecule has 1 aliphatic heterocycles. The molecular weight excluding hydrogens is 278 g/mol. The zero-order valence-electron chi connectivity index (χ0n) is 11.5. The van der Waals surface area contributed by atoms with Crippen molar-refractivity contribution in [3.05, 3.63) is 53.9 Å². The molecule has 0 saturated heterocycles. The number of nitrogens with one attached hydrogen (secondary N) is 1. The van der Waals surface area contributed by atoms with E-state index in [1.54, 1.807) is 6.08 Å². The van der Waals surface area contributed by atoms with Gasteiger partial charge in [-0.3, -0.25) is 0 Å². The van der Waals surface area contributed by atoms with Crippen LogP contribution in [-0.2, 0) is 0 Å². The molecule has 1 aromatic heterocycles. The number of rotatable bonds is 2. The number of para-hydroxylation sites is 2. The van der Waals surface area contributed by atoms with Crippen LogP contribution in [0.2, 0.25) is 0 Å². The second-order valence-corrected chi connectivity index (χ2v) is 4.89. The number of hydrogen-bond donors (Lipinski definition) is 1. The van der Waals surface area contributed by atoms with Crippen LogP contribution < -0.4 is 9.47 Å². The first kappa shape index (κ1) is 12.5. The summed E-state index contributed by atoms with van der Waals surface area (Å²) in [6, 6.07) is 15.4. The molecule has 0 amide bonds. The van der Waals surface area contributed by atoms with Crippen LogP contribution in [0, 0.1) is 11.3 Å². The number of aromatic nitrogens is 2. The minimum atomic E-state index is 0.233. The lowest BCUT2D eigenvalue weighted by Crippen LogP contribution is -1.92. The van der Waals surface area contributed by atoms with E-state index >= 15 is 0 Å². The number of aromatic amines is 1. The fraction of sp³-hybridized carbons (Fsp3) is 0.0588. The van der Waals surface area contributed by atoms with Gasteiger partial charge in [0.15, 0.2) is 11.5 Å². The van der Waals surface area contributed by atoms with Gasteiger partial charge in [-0.2, -0.15) is 5.26 Å². The predicted octanol–water partition coefficient (Wildman–Crippen LogP) is 3.36. The number of H-pyrrole nitrogens is 1. The fourth-order valence-corrected chi connectivity index (χ4v) is 2.40. The molecule has 1 N–H and O–H groups in total. The zero-order chi connectivity index (χ0) is 14.9. The van der Waals surface area contributed by atoms with Crippen LogP contribution in [0.25, 0.3) is 22.7 Å². The van der Waals surface area contributed by atoms with E-state index in [-0.39, 0.29) is 6.79 Å². The number of benzene rings is 2. The van der Waals surface area contributed by atoms with Crippen molar-refractivity contribution in [3.8, 4) is 17.6 Å². The third-order valence-electron chi connectivity index (χ3n) is 3.47. The highest BCUT2D eigenvalue weighted by Gasteiger charge is 2.13. The molecule has 22 heavy (non-hydrogen) atoms. The fourth-order valence-electron chi connectivity index (χ4n) is 2.40. The molecule has 0 bridgehead atoms. The third-order valence-corrected chi connectivity index (χ3v) is 3.47. The minimum Gasteiger partial charge on any atom is -0.454 e. The summed E-state index contributed by atoms with van der Waals surface area (Å²) in [6.45, 7) is 0.233. The van der Waals surface area contributed by atoms with Crippen LogP contribution in [0.1, 0.15) is 11.4 Å². The lowest BCUT2D eigenvalue weighted by molar-refractivity contribution is 0.174. The number of fused-ring (bicyclic) bond motifs is 2. The van der Waals surface area contributed by atoms with E-state index in [1.807, 2.05) is 42.5 Å². The maximum atomic E-state index is 9.43. The monoisotopic (exact) mass is 289 g/mol. The van der Waals surface area contributed by atoms with Crippen LogP contribution in [0.5, 0.6) is 11.5 Å². The van der Waals surface area contributed by atoms with E-state index in [1.165, 1.54) is 0 Å². The molecule has 3 aromatic rings. The summed E-state index contributed by atoms with van der Waals surface area (Å²) in [6.07, 6.45) is 1.78. The molecule has 2 aromatic carbocycles. The van der Waals surface area contributed by atoms with E-state index in [0.717, 1.165) is 22.3 Å². The number of nitrogens with zero attached hydrogens (tertiary/aromatic N) is 2. The molecule has 0 spiro atoms. The first-order valence-electron chi connectivity index (χ1n) is 6.80. The van der Waals surface area contributed by atoms with Crippen molar-refractivity contribution in [3.63, 3.8) is 0 Å². The number of hydrogen-bond acceptors (Lipinski definition) is 4. The molecule has 5 nitrogen and oxygen atoms in total. The Hall–Kier alpha value is -3.26. The summed E-state index contributed by atoms with van der Waals surface area (Å²) in [5.41, 5.74) is 3.07. The molecule has 0 unspecified atom stereocenters. The number of allylic oxidation sites excluding steroid dienone is 1. The van der Waals surface area contributed by atoms with Gasteiger partial charge >= 0.3 is 0 Å². The van der Waals surface area contributed by atoms with Gasteiger partial charge in [0.05, 0.1) is 16.6 Å². The standard InChI is InChI=1S/C17H11N3O2/c18-9-12(17-19-13-3-1-2-4-14(13)20-17)7-11-5-6-15-16(8-11)22-10-21-15/h1-8H,10H2,(H,19,20)/b12-7-. The van der Waals surface area contributed by atoms with Gasteiger partial charge in [0, 0.05) is 0 Å². The zero-order valence-corrected chi connectivity index (χ0v) is 11.5. The third kappa shape index (κ3) is 2.07. The summed E-state index contributed by atoms with van der Waals surface area (Å²) in [7, 11) is 0. The molecule has 5 heteroatoms. The Morgan fingerprint density at radius 1 is 1.18 bits per heavy atom. The summed E-state index contributed by atoms with van der Waals surface area (Å²) in [5.74, 6) is 1.97. The van der Waals surface area contributed by atoms with Crippen molar-refractivity contribution < 1.29 is 9.47 Å². The molecule has 4 rings (SSSR count). The van der Waals surface area contributed by atoms with Gasteiger partial charge in [0.1, 0.15) is 11.9 Å². The lowest BCUT2D eigenvalue weighted by Gasteiger charge is -1.99. The normalized spacial score (nSPS) is 13.3. The number of nitriles is 1. The summed E-state index contributed by atoms with van der Waals surface area (Å²) in [5, 5.41) is 9.43. The van der Waals surface area contributed by atoms with Crippen molar-refractivity contribution in [1.82, 2.24) is 9.97 Å². The average molecular weight is 289 g/mol. The molecule has 0 saturated carbocycles. The maximum Gasteiger partial charge on any atom is 0.231 e. The Balaban J connectivity index is 1.76. The number of ether oxygens (including phenoxy) is 2. The van der Waals surface area contributed by atoms with E-state index in [4.69, 9.17) is 9.47 Å². The molecule has 0 atom stereocenters. The summed E-state index contributed by atoms with van der Waals surface area (Å²) >= 11 is 0. The summed E-state index contributed by atoms with van der Waals surface area (Å²) < 4.78 is 10.6. The SMILES string of the molecule is N#C/C(=C/c1ccc2c(c1)OCO2)c1nc2ccccc2[nH]1. The maximum absolute atomic E-state index is 9.43. The van der Waals surface area contributed by atoms with Crippen LogP contribution >= 0.6 is 0 Å². The van der Waals surface area contributed by atoms with E-state index in [9.17, 15) is 5.26 Å². The highest BCUT2D eigenvalue weighted by atomic mass is 16.7. The van der Waals surface area contributed by atoms with E-state index in [2.05, 4.69) is 16.0 Å². The van der Waals surface area contributed by atoms with Crippen molar-refractivity contribution in [2.45, 2.75) is 0 Å². The average Bonchev–Trinajstić information content (AvgIpc) is 3.18. The molecule has 0 fully saturated rings. The minimum absolute atomic E-state index is 0.233. The molecule has 0 aliphatic carbocycles. The van der Waals surface area contributed by atoms with Crippen molar-refractivity contribution in [1.29, 1.82) is 5.26 Å². The van der Waals surface area contributed by atoms with Gasteiger partial charge in [-0.25, -0.2) is 4.98 Å². The van der Waals surface area contributed by atoms with Crippen molar-refractivity contribution in [2.24, 2.45) is 0 Å². The Bertz CT molecular complexity index is 901. The molecule has 0 radical (unpaired) electrons.